The van der Waals surface area contributed by atoms with Crippen LogP contribution in [0.4, 0.5) is 0 Å². The summed E-state index contributed by atoms with van der Waals surface area (Å²) in [5.41, 5.74) is 0. The van der Waals surface area contributed by atoms with Gasteiger partial charge in [-0.2, -0.15) is 0 Å². The van der Waals surface area contributed by atoms with E-state index in [-0.39, 0.29) is 0 Å². The van der Waals surface area contributed by atoms with Gasteiger partial charge < -0.3 is 4.74 Å². The lowest BCUT2D eigenvalue weighted by molar-refractivity contribution is 0.0557. The van der Waals surface area contributed by atoms with E-state index in [0.717, 1.165) is 6.61 Å². The average Bonchev–Trinajstić information content (AvgIpc) is 2.38. The first kappa shape index (κ1) is 18.0. The van der Waals surface area contributed by atoms with Crippen molar-refractivity contribution in [3.63, 3.8) is 0 Å². The van der Waals surface area contributed by atoms with Crippen molar-refractivity contribution in [2.75, 3.05) is 6.61 Å². The van der Waals surface area contributed by atoms with Gasteiger partial charge in [-0.3, -0.25) is 0 Å². The fourth-order valence-corrected chi connectivity index (χ4v) is 2.29. The first-order valence-electron chi connectivity index (χ1n) is 8.42. The molecule has 0 aliphatic rings. The summed E-state index contributed by atoms with van der Waals surface area (Å²) in [7, 11) is 0. The van der Waals surface area contributed by atoms with Gasteiger partial charge in [0.25, 0.3) is 0 Å². The lowest BCUT2D eigenvalue weighted by Crippen LogP contribution is -2.09. The van der Waals surface area contributed by atoms with Gasteiger partial charge >= 0.3 is 0 Å². The second-order valence-electron chi connectivity index (χ2n) is 5.65. The third-order valence-electron chi connectivity index (χ3n) is 3.61. The average molecular weight is 256 g/mol. The zero-order chi connectivity index (χ0) is 13.5. The van der Waals surface area contributed by atoms with Crippen LogP contribution in [-0.4, -0.2) is 12.7 Å². The molecular weight excluding hydrogens is 220 g/mol. The van der Waals surface area contributed by atoms with Crippen LogP contribution >= 0.6 is 0 Å². The van der Waals surface area contributed by atoms with Crippen molar-refractivity contribution in [2.45, 2.75) is 104 Å². The lowest BCUT2D eigenvalue weighted by atomic mass is 10.1. The summed E-state index contributed by atoms with van der Waals surface area (Å²) in [5.74, 6) is 0. The number of ether oxygens (including phenoxy) is 1. The largest absolute Gasteiger partial charge is 0.379 e. The normalized spacial score (nSPS) is 12.8. The van der Waals surface area contributed by atoms with Gasteiger partial charge in [-0.15, -0.1) is 0 Å². The highest BCUT2D eigenvalue weighted by Crippen LogP contribution is 2.10. The minimum atomic E-state index is 0.474. The molecule has 0 fully saturated rings. The Kier molecular flexibility index (Phi) is 15.0. The molecule has 0 amide bonds. The molecule has 0 aromatic heterocycles. The molecule has 0 aromatic carbocycles. The Morgan fingerprint density at radius 1 is 0.667 bits per heavy atom. The van der Waals surface area contributed by atoms with Gasteiger partial charge in [0.1, 0.15) is 0 Å². The van der Waals surface area contributed by atoms with E-state index >= 15 is 0 Å². The Hall–Kier alpha value is -0.0400. The molecule has 1 heteroatoms. The van der Waals surface area contributed by atoms with Gasteiger partial charge in [0.05, 0.1) is 6.10 Å². The Labute approximate surface area is 116 Å². The number of hydrogen-bond acceptors (Lipinski definition) is 1. The topological polar surface area (TPSA) is 9.23 Å². The molecule has 0 radical (unpaired) electrons. The van der Waals surface area contributed by atoms with Gasteiger partial charge in [-0.1, -0.05) is 78.1 Å². The van der Waals surface area contributed by atoms with Crippen LogP contribution in [0.1, 0.15) is 97.8 Å². The molecule has 0 aromatic rings. The lowest BCUT2D eigenvalue weighted by Gasteiger charge is -2.12. The molecule has 0 saturated heterocycles. The summed E-state index contributed by atoms with van der Waals surface area (Å²) < 4.78 is 5.85. The summed E-state index contributed by atoms with van der Waals surface area (Å²) in [6.45, 7) is 7.74. The fourth-order valence-electron chi connectivity index (χ4n) is 2.29. The maximum absolute atomic E-state index is 5.85. The van der Waals surface area contributed by atoms with Crippen molar-refractivity contribution in [2.24, 2.45) is 0 Å². The van der Waals surface area contributed by atoms with E-state index < -0.39 is 0 Å². The maximum Gasteiger partial charge on any atom is 0.0547 e. The molecule has 0 rings (SSSR count). The Morgan fingerprint density at radius 2 is 1.17 bits per heavy atom. The predicted molar refractivity (Wildman–Crippen MR) is 82.2 cm³/mol. The molecule has 110 valence electrons. The van der Waals surface area contributed by atoms with Crippen molar-refractivity contribution in [1.82, 2.24) is 0 Å². The number of rotatable bonds is 14. The molecule has 0 saturated carbocycles. The van der Waals surface area contributed by atoms with Gasteiger partial charge in [-0.05, 0) is 19.8 Å². The van der Waals surface area contributed by atoms with Crippen LogP contribution in [0.3, 0.4) is 0 Å². The van der Waals surface area contributed by atoms with Crippen molar-refractivity contribution < 1.29 is 4.74 Å². The molecule has 1 unspecified atom stereocenters. The maximum atomic E-state index is 5.85. The fraction of sp³-hybridized carbons (Fsp3) is 1.00. The monoisotopic (exact) mass is 256 g/mol. The van der Waals surface area contributed by atoms with E-state index in [1.165, 1.54) is 77.0 Å². The zero-order valence-corrected chi connectivity index (χ0v) is 13.2. The second kappa shape index (κ2) is 15.0. The Bertz CT molecular complexity index is 145. The van der Waals surface area contributed by atoms with Crippen LogP contribution in [0.2, 0.25) is 0 Å². The minimum absolute atomic E-state index is 0.474. The van der Waals surface area contributed by atoms with Crippen molar-refractivity contribution in [1.29, 1.82) is 0 Å². The number of unbranched alkanes of at least 4 members (excludes halogenated alkanes) is 9. The van der Waals surface area contributed by atoms with Crippen LogP contribution in [0, 0.1) is 0 Å². The smallest absolute Gasteiger partial charge is 0.0547 e. The molecule has 0 aliphatic heterocycles. The van der Waals surface area contributed by atoms with Crippen molar-refractivity contribution >= 4 is 0 Å². The first-order chi connectivity index (χ1) is 8.81. The molecule has 0 heterocycles. The summed E-state index contributed by atoms with van der Waals surface area (Å²) in [4.78, 5) is 0. The highest BCUT2D eigenvalue weighted by Gasteiger charge is 2.01. The zero-order valence-electron chi connectivity index (χ0n) is 13.2. The van der Waals surface area contributed by atoms with Gasteiger partial charge in [0.2, 0.25) is 0 Å². The highest BCUT2D eigenvalue weighted by molar-refractivity contribution is 4.52. The molecule has 0 N–H and O–H groups in total. The molecule has 0 bridgehead atoms. The van der Waals surface area contributed by atoms with Crippen molar-refractivity contribution in [3.8, 4) is 0 Å². The van der Waals surface area contributed by atoms with E-state index in [1.54, 1.807) is 0 Å². The van der Waals surface area contributed by atoms with Crippen LogP contribution in [0.25, 0.3) is 0 Å². The number of hydrogen-bond donors (Lipinski definition) is 0. The molecule has 18 heavy (non-hydrogen) atoms. The van der Waals surface area contributed by atoms with Crippen LogP contribution in [0.5, 0.6) is 0 Å². The molecule has 0 aliphatic carbocycles. The van der Waals surface area contributed by atoms with E-state index in [1.807, 2.05) is 0 Å². The molecular formula is C17H36O. The van der Waals surface area contributed by atoms with Gasteiger partial charge in [0, 0.05) is 6.61 Å². The summed E-state index contributed by atoms with van der Waals surface area (Å²) in [5, 5.41) is 0. The van der Waals surface area contributed by atoms with E-state index in [0.29, 0.717) is 6.10 Å². The van der Waals surface area contributed by atoms with Crippen molar-refractivity contribution in [3.05, 3.63) is 0 Å². The summed E-state index contributed by atoms with van der Waals surface area (Å²) >= 11 is 0. The summed E-state index contributed by atoms with van der Waals surface area (Å²) in [6, 6.07) is 0. The van der Waals surface area contributed by atoms with E-state index in [2.05, 4.69) is 20.8 Å². The quantitative estimate of drug-likeness (QED) is 0.341. The molecule has 1 atom stereocenters. The molecule has 0 spiro atoms. The molecule has 1 nitrogen and oxygen atoms in total. The van der Waals surface area contributed by atoms with Gasteiger partial charge in [-0.25, -0.2) is 0 Å². The standard InChI is InChI=1S/C17H36O/c1-4-6-8-10-11-12-14-16-18-17(3)15-13-9-7-5-2/h17H,4-16H2,1-3H3. The van der Waals surface area contributed by atoms with E-state index in [9.17, 15) is 0 Å². The summed E-state index contributed by atoms with van der Waals surface area (Å²) in [6.07, 6.45) is 16.7. The minimum Gasteiger partial charge on any atom is -0.379 e. The Balaban J connectivity index is 3.08. The SMILES string of the molecule is CCCCCCCCCOC(C)CCCCCC. The van der Waals surface area contributed by atoms with Crippen LogP contribution in [0.15, 0.2) is 0 Å². The predicted octanol–water partition coefficient (Wildman–Crippen LogP) is 6.11. The Morgan fingerprint density at radius 3 is 1.78 bits per heavy atom. The third kappa shape index (κ3) is 14.0. The van der Waals surface area contributed by atoms with Crippen LogP contribution in [-0.2, 0) is 4.74 Å². The van der Waals surface area contributed by atoms with Gasteiger partial charge in [0.15, 0.2) is 0 Å². The third-order valence-corrected chi connectivity index (χ3v) is 3.61. The van der Waals surface area contributed by atoms with Crippen LogP contribution < -0.4 is 0 Å². The highest BCUT2D eigenvalue weighted by atomic mass is 16.5. The van der Waals surface area contributed by atoms with E-state index in [4.69, 9.17) is 4.74 Å². The second-order valence-corrected chi connectivity index (χ2v) is 5.65. The first-order valence-corrected chi connectivity index (χ1v) is 8.42.